The minimum absolute atomic E-state index is 0.0704. The largest absolute Gasteiger partial charge is 0.349 e. The Bertz CT molecular complexity index is 441. The fraction of sp³-hybridized carbons (Fsp3) is 0.500. The highest BCUT2D eigenvalue weighted by atomic mass is 16.1. The molecule has 2 heteroatoms. The van der Waals surface area contributed by atoms with Gasteiger partial charge < -0.3 is 5.32 Å². The van der Waals surface area contributed by atoms with E-state index < -0.39 is 0 Å². The van der Waals surface area contributed by atoms with Crippen LogP contribution in [0.5, 0.6) is 0 Å². The van der Waals surface area contributed by atoms with Crippen LogP contribution in [0.2, 0.25) is 0 Å². The number of hydrogen-bond donors (Lipinski definition) is 1. The highest BCUT2D eigenvalue weighted by Gasteiger charge is 2.16. The van der Waals surface area contributed by atoms with Crippen LogP contribution < -0.4 is 5.32 Å². The first-order valence-electron chi connectivity index (χ1n) is 7.87. The molecule has 1 aromatic rings. The summed E-state index contributed by atoms with van der Waals surface area (Å²) in [6.07, 6.45) is 12.6. The second-order valence-electron chi connectivity index (χ2n) is 5.62. The standard InChI is InChI=1S/C18H25NO/c1-2-3-5-8-15-11-13-16(14-12-15)18(20)19-17-9-6-4-7-10-17/h5,8,11-14,17H,2-4,6-7,9-10H2,1H3,(H,19,20)/b8-5+. The van der Waals surface area contributed by atoms with E-state index in [1.807, 2.05) is 24.3 Å². The van der Waals surface area contributed by atoms with Crippen molar-refractivity contribution < 1.29 is 4.79 Å². The first-order valence-corrected chi connectivity index (χ1v) is 7.87. The summed E-state index contributed by atoms with van der Waals surface area (Å²) in [6, 6.07) is 8.25. The topological polar surface area (TPSA) is 29.1 Å². The summed E-state index contributed by atoms with van der Waals surface area (Å²) in [5, 5.41) is 3.15. The van der Waals surface area contributed by atoms with Gasteiger partial charge in [0.05, 0.1) is 0 Å². The molecule has 0 aliphatic heterocycles. The fourth-order valence-electron chi connectivity index (χ4n) is 2.65. The summed E-state index contributed by atoms with van der Waals surface area (Å²) in [5.74, 6) is 0.0704. The molecule has 2 rings (SSSR count). The molecule has 1 fully saturated rings. The van der Waals surface area contributed by atoms with Gasteiger partial charge >= 0.3 is 0 Å². The number of rotatable bonds is 5. The van der Waals surface area contributed by atoms with Crippen molar-refractivity contribution >= 4 is 12.0 Å². The summed E-state index contributed by atoms with van der Waals surface area (Å²) < 4.78 is 0. The predicted molar refractivity (Wildman–Crippen MR) is 84.7 cm³/mol. The lowest BCUT2D eigenvalue weighted by Gasteiger charge is -2.22. The monoisotopic (exact) mass is 271 g/mol. The van der Waals surface area contributed by atoms with E-state index in [2.05, 4.69) is 24.4 Å². The number of carbonyl (C=O) groups is 1. The van der Waals surface area contributed by atoms with Crippen molar-refractivity contribution in [2.75, 3.05) is 0 Å². The van der Waals surface area contributed by atoms with Gasteiger partial charge in [-0.1, -0.05) is 56.9 Å². The van der Waals surface area contributed by atoms with Gasteiger partial charge in [0.1, 0.15) is 0 Å². The normalized spacial score (nSPS) is 16.4. The summed E-state index contributed by atoms with van der Waals surface area (Å²) in [6.45, 7) is 2.17. The maximum Gasteiger partial charge on any atom is 0.251 e. The molecule has 0 radical (unpaired) electrons. The lowest BCUT2D eigenvalue weighted by molar-refractivity contribution is 0.0927. The molecule has 1 aromatic carbocycles. The molecule has 1 amide bonds. The van der Waals surface area contributed by atoms with Gasteiger partial charge in [0, 0.05) is 11.6 Å². The van der Waals surface area contributed by atoms with E-state index >= 15 is 0 Å². The first kappa shape index (κ1) is 14.8. The van der Waals surface area contributed by atoms with Gasteiger partial charge in [-0.2, -0.15) is 0 Å². The second-order valence-corrected chi connectivity index (χ2v) is 5.62. The van der Waals surface area contributed by atoms with Gasteiger partial charge in [0.2, 0.25) is 0 Å². The molecule has 0 heterocycles. The molecule has 1 aliphatic carbocycles. The van der Waals surface area contributed by atoms with E-state index in [0.29, 0.717) is 6.04 Å². The van der Waals surface area contributed by atoms with Crippen molar-refractivity contribution in [1.82, 2.24) is 5.32 Å². The Labute approximate surface area is 122 Å². The summed E-state index contributed by atoms with van der Waals surface area (Å²) in [4.78, 5) is 12.2. The third-order valence-corrected chi connectivity index (χ3v) is 3.88. The Morgan fingerprint density at radius 1 is 1.20 bits per heavy atom. The van der Waals surface area contributed by atoms with Crippen molar-refractivity contribution in [3.63, 3.8) is 0 Å². The van der Waals surface area contributed by atoms with Crippen molar-refractivity contribution in [3.05, 3.63) is 41.5 Å². The van der Waals surface area contributed by atoms with Crippen LogP contribution in [0.15, 0.2) is 30.3 Å². The summed E-state index contributed by atoms with van der Waals surface area (Å²) in [5.41, 5.74) is 1.93. The molecule has 0 unspecified atom stereocenters. The Hall–Kier alpha value is -1.57. The van der Waals surface area contributed by atoms with E-state index in [1.54, 1.807) is 0 Å². The Morgan fingerprint density at radius 3 is 2.55 bits per heavy atom. The zero-order valence-corrected chi connectivity index (χ0v) is 12.4. The molecular formula is C18H25NO. The molecular weight excluding hydrogens is 246 g/mol. The number of nitrogens with one attached hydrogen (secondary N) is 1. The predicted octanol–water partition coefficient (Wildman–Crippen LogP) is 4.56. The van der Waals surface area contributed by atoms with Crippen molar-refractivity contribution in [3.8, 4) is 0 Å². The van der Waals surface area contributed by atoms with E-state index in [-0.39, 0.29) is 5.91 Å². The maximum absolute atomic E-state index is 12.2. The molecule has 0 bridgehead atoms. The number of unbranched alkanes of at least 4 members (excludes halogenated alkanes) is 1. The molecule has 1 saturated carbocycles. The molecule has 0 saturated heterocycles. The van der Waals surface area contributed by atoms with Crippen LogP contribution in [0.3, 0.4) is 0 Å². The quantitative estimate of drug-likeness (QED) is 0.835. The average Bonchev–Trinajstić information content (AvgIpc) is 2.49. The molecule has 2 nitrogen and oxygen atoms in total. The van der Waals surface area contributed by atoms with Gasteiger partial charge in [0.25, 0.3) is 5.91 Å². The van der Waals surface area contributed by atoms with E-state index in [4.69, 9.17) is 0 Å². The maximum atomic E-state index is 12.2. The van der Waals surface area contributed by atoms with Gasteiger partial charge in [-0.15, -0.1) is 0 Å². The third-order valence-electron chi connectivity index (χ3n) is 3.88. The smallest absolute Gasteiger partial charge is 0.251 e. The SMILES string of the molecule is CCC/C=C/c1ccc(C(=O)NC2CCCCC2)cc1. The van der Waals surface area contributed by atoms with Crippen LogP contribution >= 0.6 is 0 Å². The van der Waals surface area contributed by atoms with E-state index in [1.165, 1.54) is 25.7 Å². The molecule has 108 valence electrons. The zero-order valence-electron chi connectivity index (χ0n) is 12.4. The number of amides is 1. The summed E-state index contributed by atoms with van der Waals surface area (Å²) >= 11 is 0. The van der Waals surface area contributed by atoms with Gasteiger partial charge in [-0.05, 0) is 37.0 Å². The molecule has 1 N–H and O–H groups in total. The Morgan fingerprint density at radius 2 is 1.90 bits per heavy atom. The van der Waals surface area contributed by atoms with E-state index in [9.17, 15) is 4.79 Å². The summed E-state index contributed by atoms with van der Waals surface area (Å²) in [7, 11) is 0. The zero-order chi connectivity index (χ0) is 14.2. The Balaban J connectivity index is 1.89. The van der Waals surface area contributed by atoms with Gasteiger partial charge in [-0.25, -0.2) is 0 Å². The Kier molecular flexibility index (Phi) is 5.85. The number of benzene rings is 1. The van der Waals surface area contributed by atoms with Crippen LogP contribution in [0.25, 0.3) is 6.08 Å². The second kappa shape index (κ2) is 7.88. The minimum Gasteiger partial charge on any atom is -0.349 e. The van der Waals surface area contributed by atoms with E-state index in [0.717, 1.165) is 30.4 Å². The lowest BCUT2D eigenvalue weighted by Crippen LogP contribution is -2.36. The lowest BCUT2D eigenvalue weighted by atomic mass is 9.95. The highest BCUT2D eigenvalue weighted by Crippen LogP contribution is 2.18. The van der Waals surface area contributed by atoms with Crippen LogP contribution in [0, 0.1) is 0 Å². The third kappa shape index (κ3) is 4.52. The molecule has 0 spiro atoms. The van der Waals surface area contributed by atoms with Crippen LogP contribution in [0.1, 0.15) is 67.8 Å². The van der Waals surface area contributed by atoms with Crippen LogP contribution in [-0.4, -0.2) is 11.9 Å². The van der Waals surface area contributed by atoms with Crippen LogP contribution in [-0.2, 0) is 0 Å². The average molecular weight is 271 g/mol. The van der Waals surface area contributed by atoms with Gasteiger partial charge in [-0.3, -0.25) is 4.79 Å². The minimum atomic E-state index is 0.0704. The number of hydrogen-bond acceptors (Lipinski definition) is 1. The fourth-order valence-corrected chi connectivity index (χ4v) is 2.65. The molecule has 20 heavy (non-hydrogen) atoms. The number of carbonyl (C=O) groups excluding carboxylic acids is 1. The molecule has 1 aliphatic rings. The van der Waals surface area contributed by atoms with Crippen LogP contribution in [0.4, 0.5) is 0 Å². The molecule has 0 aromatic heterocycles. The van der Waals surface area contributed by atoms with Crippen molar-refractivity contribution in [2.45, 2.75) is 57.9 Å². The van der Waals surface area contributed by atoms with Crippen molar-refractivity contribution in [2.24, 2.45) is 0 Å². The molecule has 0 atom stereocenters. The van der Waals surface area contributed by atoms with Crippen molar-refractivity contribution in [1.29, 1.82) is 0 Å². The first-order chi connectivity index (χ1) is 9.79. The number of allylic oxidation sites excluding steroid dienone is 1. The van der Waals surface area contributed by atoms with Gasteiger partial charge in [0.15, 0.2) is 0 Å². The highest BCUT2D eigenvalue weighted by molar-refractivity contribution is 5.94.